The van der Waals surface area contributed by atoms with Crippen molar-refractivity contribution in [3.05, 3.63) is 52.5 Å². The van der Waals surface area contributed by atoms with E-state index in [0.717, 1.165) is 6.07 Å². The van der Waals surface area contributed by atoms with Gasteiger partial charge in [0.2, 0.25) is 11.9 Å². The van der Waals surface area contributed by atoms with Crippen LogP contribution in [0.1, 0.15) is 24.5 Å². The molecule has 7 nitrogen and oxygen atoms in total. The third-order valence-electron chi connectivity index (χ3n) is 4.21. The summed E-state index contributed by atoms with van der Waals surface area (Å²) >= 11 is 6.24. The van der Waals surface area contributed by atoms with Gasteiger partial charge < -0.3 is 15.8 Å². The van der Waals surface area contributed by atoms with Gasteiger partial charge in [0.25, 0.3) is 0 Å². The molecule has 11 heteroatoms. The Balaban J connectivity index is 1.91. The van der Waals surface area contributed by atoms with E-state index in [2.05, 4.69) is 20.5 Å². The molecular formula is C20H19ClF3N5O2. The van der Waals surface area contributed by atoms with Crippen LogP contribution in [0.2, 0.25) is 5.02 Å². The molecule has 0 unspecified atom stereocenters. The van der Waals surface area contributed by atoms with Crippen LogP contribution in [0.4, 0.5) is 30.8 Å². The summed E-state index contributed by atoms with van der Waals surface area (Å²) in [5.74, 6) is -0.375. The number of rotatable bonds is 7. The van der Waals surface area contributed by atoms with Crippen molar-refractivity contribution in [1.29, 1.82) is 0 Å². The molecule has 0 saturated heterocycles. The van der Waals surface area contributed by atoms with Crippen LogP contribution in [0.15, 0.2) is 36.4 Å². The predicted octanol–water partition coefficient (Wildman–Crippen LogP) is 4.97. The number of anilines is 3. The van der Waals surface area contributed by atoms with E-state index in [4.69, 9.17) is 22.1 Å². The zero-order chi connectivity index (χ0) is 22.6. The molecule has 3 aromatic rings. The van der Waals surface area contributed by atoms with E-state index in [1.165, 1.54) is 18.2 Å². The minimum atomic E-state index is -4.67. The van der Waals surface area contributed by atoms with Crippen LogP contribution in [0, 0.1) is 0 Å². The van der Waals surface area contributed by atoms with Crippen LogP contribution in [0.3, 0.4) is 0 Å². The highest BCUT2D eigenvalue weighted by atomic mass is 35.5. The van der Waals surface area contributed by atoms with Crippen LogP contribution in [0.25, 0.3) is 11.1 Å². The molecule has 0 saturated carbocycles. The van der Waals surface area contributed by atoms with E-state index >= 15 is 0 Å². The first-order valence-corrected chi connectivity index (χ1v) is 9.65. The normalized spacial score (nSPS) is 11.4. The lowest BCUT2D eigenvalue weighted by atomic mass is 9.97. The molecule has 164 valence electrons. The summed E-state index contributed by atoms with van der Waals surface area (Å²) in [5, 5.41) is 8.63. The van der Waals surface area contributed by atoms with Crippen molar-refractivity contribution < 1.29 is 22.7 Å². The number of esters is 1. The van der Waals surface area contributed by atoms with E-state index in [0.29, 0.717) is 18.6 Å². The minimum absolute atomic E-state index is 0.00810. The van der Waals surface area contributed by atoms with Gasteiger partial charge in [0.1, 0.15) is 0 Å². The predicted molar refractivity (Wildman–Crippen MR) is 111 cm³/mol. The molecule has 0 bridgehead atoms. The second-order valence-electron chi connectivity index (χ2n) is 6.64. The smallest absolute Gasteiger partial charge is 0.417 e. The Morgan fingerprint density at radius 2 is 1.97 bits per heavy atom. The summed E-state index contributed by atoms with van der Waals surface area (Å²) in [6, 6.07) is 8.38. The van der Waals surface area contributed by atoms with E-state index in [9.17, 15) is 18.0 Å². The molecular weight excluding hydrogens is 435 g/mol. The number of nitrogens with two attached hydrogens (primary N) is 1. The molecule has 0 aliphatic rings. The summed E-state index contributed by atoms with van der Waals surface area (Å²) in [5.41, 5.74) is 5.25. The highest BCUT2D eigenvalue weighted by Crippen LogP contribution is 2.43. The number of nitrogens with one attached hydrogen (secondary N) is 2. The summed E-state index contributed by atoms with van der Waals surface area (Å²) in [7, 11) is 0. The molecule has 3 rings (SSSR count). The van der Waals surface area contributed by atoms with E-state index in [1.54, 1.807) is 12.1 Å². The lowest BCUT2D eigenvalue weighted by molar-refractivity contribution is -0.142. The highest BCUT2D eigenvalue weighted by molar-refractivity contribution is 6.34. The maximum atomic E-state index is 13.8. The highest BCUT2D eigenvalue weighted by Gasteiger charge is 2.35. The first-order chi connectivity index (χ1) is 14.7. The van der Waals surface area contributed by atoms with Crippen LogP contribution < -0.4 is 11.1 Å². The Kier molecular flexibility index (Phi) is 6.69. The number of alkyl halides is 3. The fourth-order valence-electron chi connectivity index (χ4n) is 2.88. The number of nitrogens with zero attached hydrogens (tertiary/aromatic N) is 2. The van der Waals surface area contributed by atoms with Crippen molar-refractivity contribution in [2.75, 3.05) is 17.7 Å². The van der Waals surface area contributed by atoms with Gasteiger partial charge in [-0.2, -0.15) is 18.2 Å². The zero-order valence-electron chi connectivity index (χ0n) is 16.4. The quantitative estimate of drug-likeness (QED) is 0.436. The molecule has 0 aliphatic carbocycles. The number of halogens is 4. The molecule has 0 amide bonds. The monoisotopic (exact) mass is 453 g/mol. The second-order valence-corrected chi connectivity index (χ2v) is 7.05. The van der Waals surface area contributed by atoms with Crippen LogP contribution in [-0.2, 0) is 22.1 Å². The maximum Gasteiger partial charge on any atom is 0.417 e. The van der Waals surface area contributed by atoms with Gasteiger partial charge in [0, 0.05) is 11.3 Å². The molecule has 0 atom stereocenters. The molecule has 0 aliphatic heterocycles. The van der Waals surface area contributed by atoms with Crippen molar-refractivity contribution in [2.45, 2.75) is 25.9 Å². The Hall–Kier alpha value is -3.27. The Morgan fingerprint density at radius 1 is 1.26 bits per heavy atom. The number of benzene rings is 2. The van der Waals surface area contributed by atoms with Gasteiger partial charge in [-0.1, -0.05) is 42.8 Å². The summed E-state index contributed by atoms with van der Waals surface area (Å²) < 4.78 is 46.4. The van der Waals surface area contributed by atoms with Crippen molar-refractivity contribution >= 4 is 35.2 Å². The lowest BCUT2D eigenvalue weighted by Gasteiger charge is -2.17. The van der Waals surface area contributed by atoms with Gasteiger partial charge in [-0.3, -0.25) is 4.79 Å². The molecule has 0 spiro atoms. The number of H-pyrrole nitrogens is 1. The fourth-order valence-corrected chi connectivity index (χ4v) is 3.21. The first kappa shape index (κ1) is 22.4. The first-order valence-electron chi connectivity index (χ1n) is 9.28. The third-order valence-corrected chi connectivity index (χ3v) is 4.51. The zero-order valence-corrected chi connectivity index (χ0v) is 17.1. The van der Waals surface area contributed by atoms with Crippen molar-refractivity contribution in [1.82, 2.24) is 15.2 Å². The molecule has 1 heterocycles. The SMILES string of the molecule is CCCOC(=O)Cc1ccc(-c2c(Cl)cc(Nc3n[nH]c(N)n3)cc2C(F)(F)F)cc1. The topological polar surface area (TPSA) is 106 Å². The summed E-state index contributed by atoms with van der Waals surface area (Å²) in [4.78, 5) is 15.5. The van der Waals surface area contributed by atoms with Crippen molar-refractivity contribution in [3.8, 4) is 11.1 Å². The van der Waals surface area contributed by atoms with Crippen LogP contribution in [0.5, 0.6) is 0 Å². The molecule has 0 radical (unpaired) electrons. The molecule has 2 aromatic carbocycles. The number of carbonyl (C=O) groups excluding carboxylic acids is 1. The molecule has 1 aromatic heterocycles. The van der Waals surface area contributed by atoms with Gasteiger partial charge in [-0.15, -0.1) is 5.10 Å². The second kappa shape index (κ2) is 9.25. The third kappa shape index (κ3) is 5.66. The average molecular weight is 454 g/mol. The largest absolute Gasteiger partial charge is 0.465 e. The fraction of sp³-hybridized carbons (Fsp3) is 0.250. The average Bonchev–Trinajstić information content (AvgIpc) is 3.10. The molecule has 0 fully saturated rings. The van der Waals surface area contributed by atoms with Crippen LogP contribution >= 0.6 is 11.6 Å². The van der Waals surface area contributed by atoms with Crippen LogP contribution in [-0.4, -0.2) is 27.8 Å². The van der Waals surface area contributed by atoms with Gasteiger partial charge >= 0.3 is 12.1 Å². The number of hydrogen-bond donors (Lipinski definition) is 3. The minimum Gasteiger partial charge on any atom is -0.465 e. The van der Waals surface area contributed by atoms with Crippen molar-refractivity contribution in [3.63, 3.8) is 0 Å². The van der Waals surface area contributed by atoms with E-state index in [-0.39, 0.29) is 40.2 Å². The van der Waals surface area contributed by atoms with Gasteiger partial charge in [-0.05, 0) is 29.7 Å². The number of ether oxygens (including phenoxy) is 1. The Bertz CT molecular complexity index is 1070. The Morgan fingerprint density at radius 3 is 2.55 bits per heavy atom. The number of nitrogen functional groups attached to an aromatic ring is 1. The Labute approximate surface area is 180 Å². The number of aromatic amines is 1. The van der Waals surface area contributed by atoms with Crippen molar-refractivity contribution in [2.24, 2.45) is 0 Å². The standard InChI is InChI=1S/C20H19ClF3N5O2/c1-2-7-31-16(30)8-11-3-5-12(6-4-11)17-14(20(22,23)24)9-13(10-15(17)21)26-19-27-18(25)28-29-19/h3-6,9-10H,2,7-8H2,1H3,(H4,25,26,27,28,29). The molecule has 31 heavy (non-hydrogen) atoms. The maximum absolute atomic E-state index is 13.8. The number of carbonyl (C=O) groups is 1. The van der Waals surface area contributed by atoms with Gasteiger partial charge in [-0.25, -0.2) is 5.10 Å². The lowest BCUT2D eigenvalue weighted by Crippen LogP contribution is -2.09. The van der Waals surface area contributed by atoms with E-state index in [1.807, 2.05) is 6.92 Å². The number of aromatic nitrogens is 3. The summed E-state index contributed by atoms with van der Waals surface area (Å²) in [6.45, 7) is 2.20. The summed E-state index contributed by atoms with van der Waals surface area (Å²) in [6.07, 6.45) is -3.93. The van der Waals surface area contributed by atoms with Gasteiger partial charge in [0.15, 0.2) is 0 Å². The number of hydrogen-bond acceptors (Lipinski definition) is 6. The molecule has 4 N–H and O–H groups in total. The van der Waals surface area contributed by atoms with E-state index < -0.39 is 17.7 Å². The van der Waals surface area contributed by atoms with Gasteiger partial charge in [0.05, 0.1) is 23.6 Å².